The molecule has 100 valence electrons. The van der Waals surface area contributed by atoms with Gasteiger partial charge in [0.1, 0.15) is 5.50 Å². The first-order valence-electron chi connectivity index (χ1n) is 6.05. The van der Waals surface area contributed by atoms with E-state index in [-0.39, 0.29) is 11.5 Å². The van der Waals surface area contributed by atoms with Crippen molar-refractivity contribution in [2.24, 2.45) is 10.7 Å². The van der Waals surface area contributed by atoms with Crippen LogP contribution in [0.4, 0.5) is 0 Å². The van der Waals surface area contributed by atoms with Gasteiger partial charge in [0.25, 0.3) is 0 Å². The number of benzene rings is 1. The Balaban J connectivity index is 2.20. The molecule has 1 aliphatic rings. The van der Waals surface area contributed by atoms with Crippen LogP contribution in [0.15, 0.2) is 34.7 Å². The van der Waals surface area contributed by atoms with Crippen LogP contribution in [0.1, 0.15) is 29.8 Å². The van der Waals surface area contributed by atoms with Gasteiger partial charge in [-0.15, -0.1) is 0 Å². The van der Waals surface area contributed by atoms with Gasteiger partial charge >= 0.3 is 5.97 Å². The Morgan fingerprint density at radius 2 is 2.11 bits per heavy atom. The fourth-order valence-corrected chi connectivity index (χ4v) is 2.59. The molecule has 0 amide bonds. The van der Waals surface area contributed by atoms with Crippen molar-refractivity contribution >= 4 is 29.0 Å². The maximum absolute atomic E-state index is 11.6. The lowest BCUT2D eigenvalue weighted by Crippen LogP contribution is -2.17. The predicted octanol–water partition coefficient (Wildman–Crippen LogP) is 2.65. The van der Waals surface area contributed by atoms with E-state index in [0.29, 0.717) is 12.2 Å². The SMILES string of the molecule is CCOC(=O)c1ccc(C2=CSC(N)N=C2C)cc1. The first-order valence-corrected chi connectivity index (χ1v) is 6.99. The summed E-state index contributed by atoms with van der Waals surface area (Å²) in [6.07, 6.45) is 0. The van der Waals surface area contributed by atoms with Crippen molar-refractivity contribution in [2.45, 2.75) is 19.3 Å². The summed E-state index contributed by atoms with van der Waals surface area (Å²) in [5.74, 6) is -0.298. The quantitative estimate of drug-likeness (QED) is 0.862. The molecule has 0 radical (unpaired) electrons. The minimum Gasteiger partial charge on any atom is -0.462 e. The number of nitrogens with two attached hydrogens (primary N) is 1. The Bertz CT molecular complexity index is 535. The lowest BCUT2D eigenvalue weighted by Gasteiger charge is -2.16. The molecule has 1 unspecified atom stereocenters. The zero-order valence-electron chi connectivity index (χ0n) is 10.9. The number of hydrogen-bond donors (Lipinski definition) is 1. The smallest absolute Gasteiger partial charge is 0.338 e. The van der Waals surface area contributed by atoms with Crippen LogP contribution in [0.5, 0.6) is 0 Å². The van der Waals surface area contributed by atoms with E-state index in [4.69, 9.17) is 10.5 Å². The van der Waals surface area contributed by atoms with Gasteiger partial charge in [-0.3, -0.25) is 4.99 Å². The highest BCUT2D eigenvalue weighted by molar-refractivity contribution is 8.02. The Hall–Kier alpha value is -1.59. The minimum absolute atomic E-state index is 0.220. The van der Waals surface area contributed by atoms with Crippen molar-refractivity contribution in [1.29, 1.82) is 0 Å². The van der Waals surface area contributed by atoms with Crippen LogP contribution in [0.25, 0.3) is 5.57 Å². The third kappa shape index (κ3) is 3.24. The average Bonchev–Trinajstić information content (AvgIpc) is 2.39. The highest BCUT2D eigenvalue weighted by Gasteiger charge is 2.14. The molecule has 1 atom stereocenters. The summed E-state index contributed by atoms with van der Waals surface area (Å²) >= 11 is 1.48. The van der Waals surface area contributed by atoms with Crippen molar-refractivity contribution in [3.8, 4) is 0 Å². The molecule has 0 fully saturated rings. The second kappa shape index (κ2) is 6.04. The van der Waals surface area contributed by atoms with Crippen molar-refractivity contribution in [2.75, 3.05) is 6.61 Å². The molecule has 2 N–H and O–H groups in total. The molecule has 0 spiro atoms. The lowest BCUT2D eigenvalue weighted by molar-refractivity contribution is 0.0526. The van der Waals surface area contributed by atoms with E-state index >= 15 is 0 Å². The Morgan fingerprint density at radius 1 is 1.42 bits per heavy atom. The molecular weight excluding hydrogens is 260 g/mol. The van der Waals surface area contributed by atoms with Crippen LogP contribution >= 0.6 is 11.8 Å². The van der Waals surface area contributed by atoms with E-state index in [9.17, 15) is 4.79 Å². The molecule has 19 heavy (non-hydrogen) atoms. The average molecular weight is 276 g/mol. The molecule has 0 bridgehead atoms. The summed E-state index contributed by atoms with van der Waals surface area (Å²) in [5, 5.41) is 2.01. The number of allylic oxidation sites excluding steroid dienone is 1. The number of nitrogens with zero attached hydrogens (tertiary/aromatic N) is 1. The van der Waals surface area contributed by atoms with E-state index in [1.807, 2.05) is 24.5 Å². The van der Waals surface area contributed by atoms with Crippen molar-refractivity contribution < 1.29 is 9.53 Å². The number of ether oxygens (including phenoxy) is 1. The summed E-state index contributed by atoms with van der Waals surface area (Å²) in [5.41, 5.74) is 9.05. The second-order valence-electron chi connectivity index (χ2n) is 4.07. The molecular formula is C14H16N2O2S. The molecule has 2 rings (SSSR count). The van der Waals surface area contributed by atoms with E-state index in [1.165, 1.54) is 11.8 Å². The number of esters is 1. The van der Waals surface area contributed by atoms with E-state index in [1.54, 1.807) is 19.1 Å². The summed E-state index contributed by atoms with van der Waals surface area (Å²) in [7, 11) is 0. The van der Waals surface area contributed by atoms with Gasteiger partial charge in [-0.05, 0) is 37.0 Å². The summed E-state index contributed by atoms with van der Waals surface area (Å²) in [4.78, 5) is 15.9. The normalized spacial score (nSPS) is 18.6. The molecule has 1 aromatic rings. The lowest BCUT2D eigenvalue weighted by atomic mass is 10.0. The summed E-state index contributed by atoms with van der Waals surface area (Å²) in [6.45, 7) is 4.11. The maximum atomic E-state index is 11.6. The molecule has 1 heterocycles. The molecule has 1 aliphatic heterocycles. The molecule has 0 saturated carbocycles. The maximum Gasteiger partial charge on any atom is 0.338 e. The van der Waals surface area contributed by atoms with Crippen LogP contribution in [-0.4, -0.2) is 23.8 Å². The van der Waals surface area contributed by atoms with Gasteiger partial charge < -0.3 is 10.5 Å². The molecule has 5 heteroatoms. The number of hydrogen-bond acceptors (Lipinski definition) is 5. The number of thioether (sulfide) groups is 1. The van der Waals surface area contributed by atoms with Crippen molar-refractivity contribution in [3.63, 3.8) is 0 Å². The largest absolute Gasteiger partial charge is 0.462 e. The zero-order valence-corrected chi connectivity index (χ0v) is 11.7. The van der Waals surface area contributed by atoms with Gasteiger partial charge in [0.15, 0.2) is 0 Å². The number of carbonyl (C=O) groups is 1. The van der Waals surface area contributed by atoms with Crippen LogP contribution in [-0.2, 0) is 4.74 Å². The Morgan fingerprint density at radius 3 is 2.68 bits per heavy atom. The summed E-state index contributed by atoms with van der Waals surface area (Å²) < 4.78 is 4.95. The van der Waals surface area contributed by atoms with Crippen molar-refractivity contribution in [3.05, 3.63) is 40.8 Å². The topological polar surface area (TPSA) is 64.7 Å². The molecule has 0 aromatic heterocycles. The Labute approximate surface area is 116 Å². The first-order chi connectivity index (χ1) is 9.11. The third-order valence-corrected chi connectivity index (χ3v) is 3.50. The fraction of sp³-hybridized carbons (Fsp3) is 0.286. The summed E-state index contributed by atoms with van der Waals surface area (Å²) in [6, 6.07) is 7.32. The second-order valence-corrected chi connectivity index (χ2v) is 5.06. The van der Waals surface area contributed by atoms with Gasteiger partial charge in [-0.25, -0.2) is 4.79 Å². The third-order valence-electron chi connectivity index (χ3n) is 2.74. The first kappa shape index (κ1) is 13.8. The molecule has 0 saturated heterocycles. The van der Waals surface area contributed by atoms with Crippen LogP contribution in [0.3, 0.4) is 0 Å². The molecule has 0 aliphatic carbocycles. The van der Waals surface area contributed by atoms with Gasteiger partial charge in [-0.2, -0.15) is 0 Å². The van der Waals surface area contributed by atoms with Gasteiger partial charge in [0.2, 0.25) is 0 Å². The molecule has 4 nitrogen and oxygen atoms in total. The highest BCUT2D eigenvalue weighted by Crippen LogP contribution is 2.27. The molecule has 1 aromatic carbocycles. The number of carbonyl (C=O) groups excluding carboxylic acids is 1. The van der Waals surface area contributed by atoms with Crippen LogP contribution in [0.2, 0.25) is 0 Å². The van der Waals surface area contributed by atoms with Gasteiger partial charge in [0.05, 0.1) is 12.2 Å². The fourth-order valence-electron chi connectivity index (χ4n) is 1.79. The van der Waals surface area contributed by atoms with Crippen LogP contribution in [0, 0.1) is 0 Å². The predicted molar refractivity (Wildman–Crippen MR) is 79.1 cm³/mol. The number of aliphatic imine (C=N–C) groups is 1. The van der Waals surface area contributed by atoms with E-state index in [0.717, 1.165) is 16.8 Å². The monoisotopic (exact) mass is 276 g/mol. The minimum atomic E-state index is -0.298. The zero-order chi connectivity index (χ0) is 13.8. The van der Waals surface area contributed by atoms with E-state index in [2.05, 4.69) is 4.99 Å². The van der Waals surface area contributed by atoms with Gasteiger partial charge in [-0.1, -0.05) is 23.9 Å². The van der Waals surface area contributed by atoms with Crippen LogP contribution < -0.4 is 5.73 Å². The standard InChI is InChI=1S/C14H16N2O2S/c1-3-18-13(17)11-6-4-10(5-7-11)12-8-19-14(15)16-9(12)2/h4-8,14H,3,15H2,1-2H3. The van der Waals surface area contributed by atoms with E-state index < -0.39 is 0 Å². The van der Waals surface area contributed by atoms with Gasteiger partial charge in [0, 0.05) is 11.3 Å². The highest BCUT2D eigenvalue weighted by atomic mass is 32.2. The van der Waals surface area contributed by atoms with Crippen molar-refractivity contribution in [1.82, 2.24) is 0 Å². The Kier molecular flexibility index (Phi) is 4.39. The number of rotatable bonds is 3.